The number of pyridine rings is 2. The molecule has 2 amide bonds. The van der Waals surface area contributed by atoms with Gasteiger partial charge in [0.2, 0.25) is 0 Å². The van der Waals surface area contributed by atoms with E-state index in [1.54, 1.807) is 42.5 Å². The maximum atomic E-state index is 11.7. The van der Waals surface area contributed by atoms with E-state index < -0.39 is 5.91 Å². The number of carbonyl (C=O) groups excluding carboxylic acids is 2. The average molecular weight is 369 g/mol. The van der Waals surface area contributed by atoms with Gasteiger partial charge in [-0.3, -0.25) is 19.9 Å². The number of nitrogens with zero attached hydrogens (tertiary/aromatic N) is 2. The lowest BCUT2D eigenvalue weighted by atomic mass is 10.1. The van der Waals surface area contributed by atoms with Crippen molar-refractivity contribution < 1.29 is 14.0 Å². The number of hydrogen-bond donors (Lipinski definition) is 1. The van der Waals surface area contributed by atoms with Gasteiger partial charge in [0.1, 0.15) is 11.3 Å². The van der Waals surface area contributed by atoms with Crippen LogP contribution in [0.1, 0.15) is 5.76 Å². The van der Waals surface area contributed by atoms with Crippen LogP contribution in [0.5, 0.6) is 0 Å². The van der Waals surface area contributed by atoms with E-state index >= 15 is 0 Å². The van der Waals surface area contributed by atoms with Gasteiger partial charge in [-0.2, -0.15) is 0 Å². The number of amides is 2. The number of imide groups is 1. The summed E-state index contributed by atoms with van der Waals surface area (Å²) in [5.74, 6) is 0.0796. The number of carbonyl (C=O) groups is 2. The molecule has 3 aromatic rings. The van der Waals surface area contributed by atoms with Crippen LogP contribution in [0.4, 0.5) is 4.79 Å². The lowest BCUT2D eigenvalue weighted by molar-refractivity contribution is -0.115. The minimum Gasteiger partial charge on any atom is -0.456 e. The molecule has 1 fully saturated rings. The molecule has 0 unspecified atom stereocenters. The molecular formula is C17H11N3O3S2. The minimum absolute atomic E-state index is 0.310. The molecule has 1 saturated heterocycles. The van der Waals surface area contributed by atoms with Gasteiger partial charge in [0.25, 0.3) is 11.1 Å². The Hall–Kier alpha value is -2.58. The van der Waals surface area contributed by atoms with Crippen LogP contribution in [-0.4, -0.2) is 27.4 Å². The smallest absolute Gasteiger partial charge is 0.290 e. The highest BCUT2D eigenvalue weighted by Crippen LogP contribution is 2.32. The second-order valence-corrected chi connectivity index (χ2v) is 7.04. The number of fused-ring (bicyclic) bond motifs is 1. The summed E-state index contributed by atoms with van der Waals surface area (Å²) in [5, 5.41) is 3.59. The van der Waals surface area contributed by atoms with Crippen LogP contribution in [0.2, 0.25) is 0 Å². The summed E-state index contributed by atoms with van der Waals surface area (Å²) in [7, 11) is 0. The Kier molecular flexibility index (Phi) is 4.06. The van der Waals surface area contributed by atoms with Gasteiger partial charge < -0.3 is 4.42 Å². The number of nitrogens with one attached hydrogen (secondary N) is 1. The van der Waals surface area contributed by atoms with Crippen LogP contribution in [0, 0.1) is 0 Å². The van der Waals surface area contributed by atoms with E-state index in [2.05, 4.69) is 15.3 Å². The van der Waals surface area contributed by atoms with Crippen LogP contribution in [0.25, 0.3) is 28.2 Å². The molecule has 0 radical (unpaired) electrons. The highest BCUT2D eigenvalue weighted by Gasteiger charge is 2.25. The monoisotopic (exact) mass is 369 g/mol. The van der Waals surface area contributed by atoms with E-state index in [-0.39, 0.29) is 5.24 Å². The summed E-state index contributed by atoms with van der Waals surface area (Å²) >= 11 is 2.43. The number of aromatic nitrogens is 2. The first-order chi connectivity index (χ1) is 12.1. The Balaban J connectivity index is 1.77. The molecule has 0 bridgehead atoms. The largest absolute Gasteiger partial charge is 0.456 e. The summed E-state index contributed by atoms with van der Waals surface area (Å²) in [6, 6.07) is 5.70. The Morgan fingerprint density at radius 3 is 2.80 bits per heavy atom. The predicted molar refractivity (Wildman–Crippen MR) is 98.1 cm³/mol. The molecule has 3 aromatic heterocycles. The Labute approximate surface area is 151 Å². The number of rotatable bonds is 3. The lowest BCUT2D eigenvalue weighted by Gasteiger charge is -2.02. The van der Waals surface area contributed by atoms with Crippen molar-refractivity contribution in [3.05, 3.63) is 47.5 Å². The normalized spacial score (nSPS) is 16.0. The van der Waals surface area contributed by atoms with Crippen LogP contribution in [0.3, 0.4) is 0 Å². The lowest BCUT2D eigenvalue weighted by Crippen LogP contribution is -2.17. The van der Waals surface area contributed by atoms with Crippen LogP contribution < -0.4 is 5.32 Å². The maximum absolute atomic E-state index is 11.7. The number of thioether (sulfide) groups is 2. The van der Waals surface area contributed by atoms with Gasteiger partial charge in [-0.25, -0.2) is 4.98 Å². The average Bonchev–Trinajstić information content (AvgIpc) is 3.17. The van der Waals surface area contributed by atoms with Crippen LogP contribution >= 0.6 is 23.5 Å². The third-order valence-electron chi connectivity index (χ3n) is 3.61. The van der Waals surface area contributed by atoms with Crippen LogP contribution in [-0.2, 0) is 4.79 Å². The Bertz CT molecular complexity index is 1030. The van der Waals surface area contributed by atoms with Crippen molar-refractivity contribution in [2.24, 2.45) is 0 Å². The van der Waals surface area contributed by atoms with Gasteiger partial charge in [-0.15, -0.1) is 11.8 Å². The topological polar surface area (TPSA) is 85.1 Å². The fourth-order valence-corrected chi connectivity index (χ4v) is 3.49. The van der Waals surface area contributed by atoms with Gasteiger partial charge in [-0.05, 0) is 36.2 Å². The zero-order valence-electron chi connectivity index (χ0n) is 13.0. The summed E-state index contributed by atoms with van der Waals surface area (Å²) in [5.41, 5.74) is 2.38. The second kappa shape index (κ2) is 6.38. The first kappa shape index (κ1) is 15.9. The molecule has 0 aromatic carbocycles. The van der Waals surface area contributed by atoms with E-state index in [1.165, 1.54) is 0 Å². The molecule has 4 rings (SSSR count). The molecule has 0 atom stereocenters. The van der Waals surface area contributed by atoms with Gasteiger partial charge in [-0.1, -0.05) is 0 Å². The van der Waals surface area contributed by atoms with Crippen molar-refractivity contribution >= 4 is 51.7 Å². The van der Waals surface area contributed by atoms with Gasteiger partial charge in [0.05, 0.1) is 9.93 Å². The SMILES string of the molecule is CSc1ccc(-c2cncc3cc(C=C4SC(=O)NC4=O)oc23)cn1. The second-order valence-electron chi connectivity index (χ2n) is 5.20. The van der Waals surface area contributed by atoms with E-state index in [0.29, 0.717) is 16.2 Å². The van der Waals surface area contributed by atoms with E-state index in [1.807, 2.05) is 18.4 Å². The quantitative estimate of drug-likeness (QED) is 0.553. The molecule has 1 aliphatic rings. The third-order valence-corrected chi connectivity index (χ3v) is 5.08. The van der Waals surface area contributed by atoms with Gasteiger partial charge in [0, 0.05) is 41.2 Å². The fraction of sp³-hybridized carbons (Fsp3) is 0.0588. The van der Waals surface area contributed by atoms with Crippen molar-refractivity contribution in [1.29, 1.82) is 0 Å². The van der Waals surface area contributed by atoms with Gasteiger partial charge in [0.15, 0.2) is 0 Å². The van der Waals surface area contributed by atoms with Crippen molar-refractivity contribution in [2.75, 3.05) is 6.26 Å². The first-order valence-electron chi connectivity index (χ1n) is 7.27. The maximum Gasteiger partial charge on any atom is 0.290 e. The Morgan fingerprint density at radius 1 is 1.24 bits per heavy atom. The zero-order chi connectivity index (χ0) is 17.4. The van der Waals surface area contributed by atoms with E-state index in [0.717, 1.165) is 33.3 Å². The summed E-state index contributed by atoms with van der Waals surface area (Å²) in [4.78, 5) is 31.9. The predicted octanol–water partition coefficient (Wildman–Crippen LogP) is 3.94. The first-order valence-corrected chi connectivity index (χ1v) is 9.31. The molecule has 0 saturated carbocycles. The highest BCUT2D eigenvalue weighted by atomic mass is 32.2. The number of furan rings is 1. The molecule has 8 heteroatoms. The summed E-state index contributed by atoms with van der Waals surface area (Å²) < 4.78 is 5.90. The van der Waals surface area contributed by atoms with Gasteiger partial charge >= 0.3 is 0 Å². The van der Waals surface area contributed by atoms with E-state index in [9.17, 15) is 9.59 Å². The summed E-state index contributed by atoms with van der Waals surface area (Å²) in [6.07, 6.45) is 8.73. The molecule has 6 nitrogen and oxygen atoms in total. The van der Waals surface area contributed by atoms with Crippen molar-refractivity contribution in [2.45, 2.75) is 5.03 Å². The number of hydrogen-bond acceptors (Lipinski definition) is 7. The molecule has 4 heterocycles. The van der Waals surface area contributed by atoms with Crippen molar-refractivity contribution in [3.63, 3.8) is 0 Å². The molecule has 1 N–H and O–H groups in total. The van der Waals surface area contributed by atoms with Crippen molar-refractivity contribution in [3.8, 4) is 11.1 Å². The molecule has 124 valence electrons. The zero-order valence-corrected chi connectivity index (χ0v) is 14.6. The molecule has 0 spiro atoms. The molecule has 0 aliphatic carbocycles. The molecular weight excluding hydrogens is 358 g/mol. The Morgan fingerprint density at radius 2 is 2.12 bits per heavy atom. The highest BCUT2D eigenvalue weighted by molar-refractivity contribution is 8.18. The minimum atomic E-state index is -0.411. The third kappa shape index (κ3) is 3.06. The molecule has 25 heavy (non-hydrogen) atoms. The standard InChI is InChI=1S/C17H11N3O3S2/c1-24-14-3-2-9(7-19-14)12-8-18-6-10-4-11(23-15(10)12)5-13-16(21)20-17(22)25-13/h2-8H,1H3,(H,20,21,22). The fourth-order valence-electron chi connectivity index (χ4n) is 2.47. The molecule has 1 aliphatic heterocycles. The van der Waals surface area contributed by atoms with Crippen molar-refractivity contribution in [1.82, 2.24) is 15.3 Å². The van der Waals surface area contributed by atoms with Crippen LogP contribution in [0.15, 0.2) is 51.1 Å². The summed E-state index contributed by atoms with van der Waals surface area (Å²) in [6.45, 7) is 0. The van der Waals surface area contributed by atoms with E-state index in [4.69, 9.17) is 4.42 Å².